The number of nitrogens with zero attached hydrogens (tertiary/aromatic N) is 3. The van der Waals surface area contributed by atoms with Crippen molar-refractivity contribution in [2.45, 2.75) is 12.8 Å². The number of nitriles is 2. The van der Waals surface area contributed by atoms with E-state index in [0.717, 1.165) is 33.7 Å². The zero-order chi connectivity index (χ0) is 21.2. The maximum absolute atomic E-state index is 8.69. The van der Waals surface area contributed by atoms with Crippen LogP contribution in [0.1, 0.15) is 24.0 Å². The molecule has 0 saturated carbocycles. The van der Waals surface area contributed by atoms with E-state index in [2.05, 4.69) is 34.6 Å². The number of hydrogen-bond donors (Lipinski definition) is 1. The zero-order valence-corrected chi connectivity index (χ0v) is 18.5. The van der Waals surface area contributed by atoms with Crippen LogP contribution in [0, 0.1) is 22.7 Å². The molecule has 0 bridgehead atoms. The van der Waals surface area contributed by atoms with Crippen molar-refractivity contribution in [3.63, 3.8) is 0 Å². The van der Waals surface area contributed by atoms with Crippen molar-refractivity contribution < 1.29 is 0 Å². The van der Waals surface area contributed by atoms with Crippen LogP contribution >= 0.6 is 24.0 Å². The molecule has 0 amide bonds. The second-order valence-electron chi connectivity index (χ2n) is 6.60. The molecule has 0 fully saturated rings. The van der Waals surface area contributed by atoms with Gasteiger partial charge in [-0.05, 0) is 47.1 Å². The molecular weight excluding hydrogens is 427 g/mol. The molecule has 156 valence electrons. The fourth-order valence-corrected chi connectivity index (χ4v) is 3.36. The lowest BCUT2D eigenvalue weighted by Gasteiger charge is -2.16. The normalized spacial score (nSPS) is 11.8. The lowest BCUT2D eigenvalue weighted by atomic mass is 9.90. The lowest BCUT2D eigenvalue weighted by Crippen LogP contribution is -2.01. The van der Waals surface area contributed by atoms with Gasteiger partial charge in [-0.25, -0.2) is 0 Å². The number of nitrogens with one attached hydrogen (secondary N) is 1. The van der Waals surface area contributed by atoms with Crippen LogP contribution in [0.5, 0.6) is 0 Å². The Morgan fingerprint density at radius 2 is 1.58 bits per heavy atom. The fraction of sp³-hybridized carbons (Fsp3) is 0.160. The van der Waals surface area contributed by atoms with Crippen LogP contribution in [0.15, 0.2) is 83.4 Å². The summed E-state index contributed by atoms with van der Waals surface area (Å²) >= 11 is 6.54. The molecular formula is C25H22Cl2N4. The van der Waals surface area contributed by atoms with Crippen LogP contribution in [-0.2, 0) is 0 Å². The number of aliphatic imine (C=N–C) groups is 1. The molecule has 2 aromatic carbocycles. The SMILES string of the molecule is Cl.N#CCCN=C1C=CC(=C(c2ccc(NCCC#N)cc2)c2ccccc2Cl)C=C1. The Morgan fingerprint density at radius 1 is 0.903 bits per heavy atom. The topological polar surface area (TPSA) is 72.0 Å². The predicted molar refractivity (Wildman–Crippen MR) is 131 cm³/mol. The van der Waals surface area contributed by atoms with Crippen molar-refractivity contribution in [1.82, 2.24) is 0 Å². The van der Waals surface area contributed by atoms with Crippen molar-refractivity contribution in [3.8, 4) is 12.1 Å². The Hall–Kier alpha value is -3.31. The van der Waals surface area contributed by atoms with Gasteiger partial charge in [0.05, 0.1) is 37.2 Å². The molecule has 0 radical (unpaired) electrons. The molecule has 0 spiro atoms. The van der Waals surface area contributed by atoms with E-state index in [9.17, 15) is 0 Å². The highest BCUT2D eigenvalue weighted by Crippen LogP contribution is 2.34. The number of halogens is 2. The highest BCUT2D eigenvalue weighted by Gasteiger charge is 2.14. The van der Waals surface area contributed by atoms with Gasteiger partial charge in [-0.3, -0.25) is 4.99 Å². The maximum atomic E-state index is 8.69. The van der Waals surface area contributed by atoms with Gasteiger partial charge in [0.2, 0.25) is 0 Å². The van der Waals surface area contributed by atoms with Crippen LogP contribution in [0.3, 0.4) is 0 Å². The fourth-order valence-electron chi connectivity index (χ4n) is 3.13. The quantitative estimate of drug-likeness (QED) is 0.499. The summed E-state index contributed by atoms with van der Waals surface area (Å²) in [4.78, 5) is 4.42. The third kappa shape index (κ3) is 6.59. The van der Waals surface area contributed by atoms with Crippen LogP contribution in [0.2, 0.25) is 5.02 Å². The monoisotopic (exact) mass is 448 g/mol. The van der Waals surface area contributed by atoms with Crippen molar-refractivity contribution in [1.29, 1.82) is 10.5 Å². The highest BCUT2D eigenvalue weighted by atomic mass is 35.5. The van der Waals surface area contributed by atoms with E-state index in [0.29, 0.717) is 31.0 Å². The average Bonchev–Trinajstić information content (AvgIpc) is 2.78. The van der Waals surface area contributed by atoms with E-state index in [1.54, 1.807) is 0 Å². The van der Waals surface area contributed by atoms with Crippen molar-refractivity contribution in [2.75, 3.05) is 18.4 Å². The van der Waals surface area contributed by atoms with Crippen LogP contribution in [-0.4, -0.2) is 18.8 Å². The number of rotatable bonds is 7. The molecule has 1 N–H and O–H groups in total. The minimum Gasteiger partial charge on any atom is -0.384 e. The first kappa shape index (κ1) is 24.0. The summed E-state index contributed by atoms with van der Waals surface area (Å²) in [6, 6.07) is 20.2. The van der Waals surface area contributed by atoms with Crippen LogP contribution in [0.4, 0.5) is 5.69 Å². The number of benzene rings is 2. The Morgan fingerprint density at radius 3 is 2.23 bits per heavy atom. The Balaban J connectivity index is 0.00000341. The summed E-state index contributed by atoms with van der Waals surface area (Å²) < 4.78 is 0. The smallest absolute Gasteiger partial charge is 0.0641 e. The third-order valence-corrected chi connectivity index (χ3v) is 4.89. The Kier molecular flexibility index (Phi) is 9.59. The largest absolute Gasteiger partial charge is 0.384 e. The van der Waals surface area contributed by atoms with E-state index in [1.165, 1.54) is 0 Å². The maximum Gasteiger partial charge on any atom is 0.0641 e. The number of hydrogen-bond acceptors (Lipinski definition) is 4. The molecule has 1 aliphatic rings. The van der Waals surface area contributed by atoms with Crippen LogP contribution in [0.25, 0.3) is 5.57 Å². The third-order valence-electron chi connectivity index (χ3n) is 4.56. The van der Waals surface area contributed by atoms with Crippen molar-refractivity contribution in [2.24, 2.45) is 4.99 Å². The standard InChI is InChI=1S/C25H21ClN4.ClH/c26-24-6-2-1-5-23(24)25(19-7-11-21(12-8-19)29-17-3-15-27)20-9-13-22(14-10-20)30-18-4-16-28;/h1-2,5-14,29H,3-4,17-18H2;1H. The molecule has 3 rings (SSSR count). The molecule has 0 aromatic heterocycles. The molecule has 0 atom stereocenters. The molecule has 6 heteroatoms. The summed E-state index contributed by atoms with van der Waals surface area (Å²) in [6.45, 7) is 1.12. The summed E-state index contributed by atoms with van der Waals surface area (Å²) in [6.07, 6.45) is 8.85. The highest BCUT2D eigenvalue weighted by molar-refractivity contribution is 6.32. The molecule has 0 saturated heterocycles. The van der Waals surface area contributed by atoms with Gasteiger partial charge in [0, 0.05) is 22.8 Å². The minimum atomic E-state index is 0. The Bertz CT molecular complexity index is 1080. The van der Waals surface area contributed by atoms with Gasteiger partial charge in [0.25, 0.3) is 0 Å². The summed E-state index contributed by atoms with van der Waals surface area (Å²) in [5.74, 6) is 0. The van der Waals surface area contributed by atoms with Crippen molar-refractivity contribution >= 4 is 41.0 Å². The molecule has 0 unspecified atom stereocenters. The minimum absolute atomic E-state index is 0. The summed E-state index contributed by atoms with van der Waals surface area (Å²) in [5.41, 5.74) is 5.89. The van der Waals surface area contributed by atoms with Gasteiger partial charge in [0.1, 0.15) is 0 Å². The second-order valence-corrected chi connectivity index (χ2v) is 7.01. The van der Waals surface area contributed by atoms with E-state index in [-0.39, 0.29) is 12.4 Å². The lowest BCUT2D eigenvalue weighted by molar-refractivity contribution is 1.02. The summed E-state index contributed by atoms with van der Waals surface area (Å²) in [7, 11) is 0. The van der Waals surface area contributed by atoms with E-state index < -0.39 is 0 Å². The van der Waals surface area contributed by atoms with Gasteiger partial charge in [-0.2, -0.15) is 10.5 Å². The molecule has 1 aliphatic carbocycles. The van der Waals surface area contributed by atoms with Crippen LogP contribution < -0.4 is 5.32 Å². The number of anilines is 1. The van der Waals surface area contributed by atoms with Crippen molar-refractivity contribution in [3.05, 3.63) is 94.6 Å². The van der Waals surface area contributed by atoms with E-state index >= 15 is 0 Å². The molecule has 0 heterocycles. The van der Waals surface area contributed by atoms with Gasteiger partial charge >= 0.3 is 0 Å². The Labute approximate surface area is 194 Å². The zero-order valence-electron chi connectivity index (χ0n) is 16.9. The molecule has 4 nitrogen and oxygen atoms in total. The van der Waals surface area contributed by atoms with E-state index in [4.69, 9.17) is 22.1 Å². The van der Waals surface area contributed by atoms with Gasteiger partial charge in [-0.1, -0.05) is 54.1 Å². The predicted octanol–water partition coefficient (Wildman–Crippen LogP) is 6.37. The average molecular weight is 449 g/mol. The van der Waals surface area contributed by atoms with Gasteiger partial charge in [0.15, 0.2) is 0 Å². The molecule has 0 aliphatic heterocycles. The van der Waals surface area contributed by atoms with Gasteiger partial charge < -0.3 is 5.32 Å². The molecule has 2 aromatic rings. The summed E-state index contributed by atoms with van der Waals surface area (Å²) in [5, 5.41) is 21.3. The first-order valence-electron chi connectivity index (χ1n) is 9.71. The first-order valence-corrected chi connectivity index (χ1v) is 10.1. The number of allylic oxidation sites excluding steroid dienone is 5. The van der Waals surface area contributed by atoms with Gasteiger partial charge in [-0.15, -0.1) is 12.4 Å². The van der Waals surface area contributed by atoms with E-state index in [1.807, 2.05) is 60.7 Å². The second kappa shape index (κ2) is 12.4. The first-order chi connectivity index (χ1) is 14.7. The molecule has 31 heavy (non-hydrogen) atoms.